The van der Waals surface area contributed by atoms with Gasteiger partial charge in [0, 0.05) is 30.9 Å². The fourth-order valence-corrected chi connectivity index (χ4v) is 4.74. The molecule has 0 aliphatic carbocycles. The van der Waals surface area contributed by atoms with E-state index in [1.165, 1.54) is 133 Å². The van der Waals surface area contributed by atoms with Gasteiger partial charge in [-0.1, -0.05) is 128 Å². The minimum atomic E-state index is 1.20. The van der Waals surface area contributed by atoms with E-state index in [0.29, 0.717) is 0 Å². The van der Waals surface area contributed by atoms with Crippen LogP contribution in [0.4, 0.5) is 5.69 Å². The molecule has 0 saturated heterocycles. The number of hydrogen-bond donors (Lipinski definition) is 0. The molecule has 2 rings (SSSR count). The second-order valence-electron chi connectivity index (χ2n) is 10.2. The van der Waals surface area contributed by atoms with Crippen LogP contribution in [0.1, 0.15) is 128 Å². The molecule has 1 heterocycles. The predicted molar refractivity (Wildman–Crippen MR) is 156 cm³/mol. The molecule has 0 saturated carbocycles. The summed E-state index contributed by atoms with van der Waals surface area (Å²) in [5, 5.41) is 0. The van der Waals surface area contributed by atoms with Crippen molar-refractivity contribution in [1.82, 2.24) is 0 Å². The first-order valence-corrected chi connectivity index (χ1v) is 14.8. The van der Waals surface area contributed by atoms with Crippen LogP contribution in [-0.4, -0.2) is 13.1 Å². The molecule has 194 valence electrons. The highest BCUT2D eigenvalue weighted by atomic mass is 15.1. The van der Waals surface area contributed by atoms with E-state index in [1.54, 1.807) is 0 Å². The minimum Gasteiger partial charge on any atom is -0.372 e. The average Bonchev–Trinajstić information content (AvgIpc) is 2.90. The van der Waals surface area contributed by atoms with Crippen LogP contribution >= 0.6 is 0 Å². The molecular formula is C33H53N2+. The number of aromatic nitrogens is 1. The Labute approximate surface area is 217 Å². The minimum absolute atomic E-state index is 1.20. The first kappa shape index (κ1) is 29.1. The van der Waals surface area contributed by atoms with Gasteiger partial charge in [0.25, 0.3) is 0 Å². The summed E-state index contributed by atoms with van der Waals surface area (Å²) in [7, 11) is 0. The van der Waals surface area contributed by atoms with E-state index in [4.69, 9.17) is 0 Å². The monoisotopic (exact) mass is 477 g/mol. The Morgan fingerprint density at radius 2 is 0.914 bits per heavy atom. The smallest absolute Gasteiger partial charge is 0.167 e. The third-order valence-electron chi connectivity index (χ3n) is 7.03. The molecule has 0 fully saturated rings. The third-order valence-corrected chi connectivity index (χ3v) is 7.03. The van der Waals surface area contributed by atoms with E-state index in [-0.39, 0.29) is 0 Å². The van der Waals surface area contributed by atoms with Crippen molar-refractivity contribution in [1.29, 1.82) is 0 Å². The number of nitrogens with zero attached hydrogens (tertiary/aromatic N) is 1. The molecule has 0 radical (unpaired) electrons. The van der Waals surface area contributed by atoms with Crippen molar-refractivity contribution >= 4 is 17.8 Å². The summed E-state index contributed by atoms with van der Waals surface area (Å²) in [6, 6.07) is 13.4. The maximum absolute atomic E-state index is 3.08. The van der Waals surface area contributed by atoms with Gasteiger partial charge in [0.2, 0.25) is 0 Å². The fraction of sp³-hybridized carbons (Fsp3) is 0.606. The van der Waals surface area contributed by atoms with Gasteiger partial charge in [-0.25, -0.2) is 4.98 Å². The molecule has 0 atom stereocenters. The molecule has 0 spiro atoms. The first-order chi connectivity index (χ1) is 17.3. The van der Waals surface area contributed by atoms with E-state index < -0.39 is 0 Å². The summed E-state index contributed by atoms with van der Waals surface area (Å²) in [6.45, 7) is 6.99. The quantitative estimate of drug-likeness (QED) is 0.164. The normalized spacial score (nSPS) is 11.4. The number of aromatic amines is 1. The standard InChI is InChI=1S/C33H52N2/c1-3-5-7-9-11-13-15-17-29-35(30-18-16-14-12-10-8-6-4-2)33-23-21-31(22-24-33)19-20-32-25-27-34-28-26-32/h19-28H,3-18,29-30H2,1-2H3/p+1. The van der Waals surface area contributed by atoms with E-state index in [9.17, 15) is 0 Å². The summed E-state index contributed by atoms with van der Waals surface area (Å²) in [4.78, 5) is 5.73. The van der Waals surface area contributed by atoms with Crippen molar-refractivity contribution in [2.45, 2.75) is 117 Å². The van der Waals surface area contributed by atoms with E-state index in [0.717, 1.165) is 0 Å². The average molecular weight is 478 g/mol. The van der Waals surface area contributed by atoms with Crippen molar-refractivity contribution in [2.75, 3.05) is 18.0 Å². The number of hydrogen-bond acceptors (Lipinski definition) is 1. The molecule has 0 amide bonds. The third kappa shape index (κ3) is 14.2. The first-order valence-electron chi connectivity index (χ1n) is 14.8. The Kier molecular flexibility index (Phi) is 16.8. The van der Waals surface area contributed by atoms with Gasteiger partial charge in [-0.3, -0.25) is 0 Å². The number of pyridine rings is 1. The van der Waals surface area contributed by atoms with Crippen LogP contribution in [0.15, 0.2) is 48.8 Å². The van der Waals surface area contributed by atoms with Gasteiger partial charge in [-0.05, 0) is 36.1 Å². The largest absolute Gasteiger partial charge is 0.372 e. The van der Waals surface area contributed by atoms with Crippen molar-refractivity contribution in [2.24, 2.45) is 0 Å². The SMILES string of the molecule is CCCCCCCCCCN(CCCCCCCCCC)c1ccc(C=Cc2cc[nH+]cc2)cc1. The van der Waals surface area contributed by atoms with Crippen LogP contribution in [0.3, 0.4) is 0 Å². The van der Waals surface area contributed by atoms with Crippen molar-refractivity contribution < 1.29 is 4.98 Å². The molecular weight excluding hydrogens is 424 g/mol. The Balaban J connectivity index is 1.80. The van der Waals surface area contributed by atoms with Crippen molar-refractivity contribution in [3.05, 3.63) is 59.9 Å². The summed E-state index contributed by atoms with van der Waals surface area (Å²) >= 11 is 0. The Hall–Kier alpha value is -2.09. The predicted octanol–water partition coefficient (Wildman–Crippen LogP) is 9.76. The maximum atomic E-state index is 3.08. The molecule has 2 nitrogen and oxygen atoms in total. The molecule has 0 aliphatic heterocycles. The number of benzene rings is 1. The van der Waals surface area contributed by atoms with Crippen molar-refractivity contribution in [3.63, 3.8) is 0 Å². The summed E-state index contributed by atoms with van der Waals surface area (Å²) < 4.78 is 0. The van der Waals surface area contributed by atoms with Crippen LogP contribution in [0, 0.1) is 0 Å². The van der Waals surface area contributed by atoms with Gasteiger partial charge in [0.1, 0.15) is 0 Å². The van der Waals surface area contributed by atoms with Gasteiger partial charge < -0.3 is 4.90 Å². The highest BCUT2D eigenvalue weighted by Gasteiger charge is 2.07. The lowest BCUT2D eigenvalue weighted by atomic mass is 10.1. The lowest BCUT2D eigenvalue weighted by Crippen LogP contribution is -2.25. The molecule has 0 bridgehead atoms. The summed E-state index contributed by atoms with van der Waals surface area (Å²) in [5.74, 6) is 0. The van der Waals surface area contributed by atoms with Crippen LogP contribution < -0.4 is 9.88 Å². The summed E-state index contributed by atoms with van der Waals surface area (Å²) in [6.07, 6.45) is 30.5. The maximum Gasteiger partial charge on any atom is 0.167 e. The lowest BCUT2D eigenvalue weighted by Gasteiger charge is -2.25. The zero-order valence-electron chi connectivity index (χ0n) is 22.9. The zero-order valence-corrected chi connectivity index (χ0v) is 22.9. The molecule has 1 N–H and O–H groups in total. The number of nitrogens with one attached hydrogen (secondary N) is 1. The van der Waals surface area contributed by atoms with Gasteiger partial charge in [0.05, 0.1) is 0 Å². The van der Waals surface area contributed by atoms with Crippen LogP contribution in [-0.2, 0) is 0 Å². The Morgan fingerprint density at radius 3 is 1.37 bits per heavy atom. The van der Waals surface area contributed by atoms with Crippen LogP contribution in [0.25, 0.3) is 12.2 Å². The van der Waals surface area contributed by atoms with Gasteiger partial charge in [-0.15, -0.1) is 0 Å². The number of unbranched alkanes of at least 4 members (excludes halogenated alkanes) is 14. The fourth-order valence-electron chi connectivity index (χ4n) is 4.74. The van der Waals surface area contributed by atoms with Crippen molar-refractivity contribution in [3.8, 4) is 0 Å². The topological polar surface area (TPSA) is 17.4 Å². The molecule has 2 aromatic rings. The highest BCUT2D eigenvalue weighted by molar-refractivity contribution is 5.70. The highest BCUT2D eigenvalue weighted by Crippen LogP contribution is 2.20. The summed E-state index contributed by atoms with van der Waals surface area (Å²) in [5.41, 5.74) is 3.88. The molecule has 35 heavy (non-hydrogen) atoms. The van der Waals surface area contributed by atoms with Gasteiger partial charge >= 0.3 is 0 Å². The molecule has 1 aromatic carbocycles. The lowest BCUT2D eigenvalue weighted by molar-refractivity contribution is -0.378. The van der Waals surface area contributed by atoms with Gasteiger partial charge in [0.15, 0.2) is 12.4 Å². The molecule has 0 aliphatic rings. The number of anilines is 1. The number of rotatable bonds is 21. The van der Waals surface area contributed by atoms with E-state index >= 15 is 0 Å². The second-order valence-corrected chi connectivity index (χ2v) is 10.2. The second kappa shape index (κ2) is 20.1. The molecule has 0 unspecified atom stereocenters. The molecule has 1 aromatic heterocycles. The Bertz CT molecular complexity index is 730. The van der Waals surface area contributed by atoms with E-state index in [1.807, 2.05) is 12.4 Å². The zero-order chi connectivity index (χ0) is 24.8. The molecule has 2 heteroatoms. The number of H-pyrrole nitrogens is 1. The van der Waals surface area contributed by atoms with Crippen LogP contribution in [0.2, 0.25) is 0 Å². The Morgan fingerprint density at radius 1 is 0.514 bits per heavy atom. The van der Waals surface area contributed by atoms with Gasteiger partial charge in [-0.2, -0.15) is 0 Å². The van der Waals surface area contributed by atoms with Crippen LogP contribution in [0.5, 0.6) is 0 Å². The van der Waals surface area contributed by atoms with E-state index in [2.05, 4.69) is 72.3 Å².